The zero-order valence-corrected chi connectivity index (χ0v) is 14.6. The third-order valence-electron chi connectivity index (χ3n) is 4.58. The van der Waals surface area contributed by atoms with Gasteiger partial charge in [0.05, 0.1) is 0 Å². The Kier molecular flexibility index (Phi) is 4.04. The fourth-order valence-corrected chi connectivity index (χ4v) is 3.54. The molecule has 3 rings (SSSR count). The van der Waals surface area contributed by atoms with E-state index in [1.165, 1.54) is 6.07 Å². The molecule has 1 atom stereocenters. The highest BCUT2D eigenvalue weighted by atomic mass is 35.5. The molecule has 3 nitrogen and oxygen atoms in total. The van der Waals surface area contributed by atoms with Crippen LogP contribution in [0.3, 0.4) is 0 Å². The van der Waals surface area contributed by atoms with Gasteiger partial charge in [0.15, 0.2) is 0 Å². The molecule has 1 amide bonds. The predicted molar refractivity (Wildman–Crippen MR) is 92.5 cm³/mol. The van der Waals surface area contributed by atoms with E-state index in [-0.39, 0.29) is 11.2 Å². The zero-order valence-electron chi connectivity index (χ0n) is 13.8. The van der Waals surface area contributed by atoms with Gasteiger partial charge in [0, 0.05) is 16.0 Å². The van der Waals surface area contributed by atoms with Crippen molar-refractivity contribution in [2.24, 2.45) is 11.1 Å². The van der Waals surface area contributed by atoms with Gasteiger partial charge < -0.3 is 10.5 Å². The normalized spacial score (nSPS) is 18.3. The van der Waals surface area contributed by atoms with Crippen LogP contribution in [0.2, 0.25) is 5.02 Å². The third-order valence-corrected chi connectivity index (χ3v) is 4.99. The third kappa shape index (κ3) is 2.86. The van der Waals surface area contributed by atoms with E-state index < -0.39 is 12.2 Å². The van der Waals surface area contributed by atoms with Crippen molar-refractivity contribution in [3.8, 4) is 11.1 Å². The first-order valence-electron chi connectivity index (χ1n) is 7.74. The van der Waals surface area contributed by atoms with Gasteiger partial charge in [-0.15, -0.1) is 0 Å². The highest BCUT2D eigenvalue weighted by Crippen LogP contribution is 2.49. The number of carbonyl (C=O) groups is 1. The largest absolute Gasteiger partial charge is 0.441 e. The number of rotatable bonds is 2. The second-order valence-electron chi connectivity index (χ2n) is 6.98. The fraction of sp³-hybridized carbons (Fsp3) is 0.316. The van der Waals surface area contributed by atoms with Gasteiger partial charge in [-0.05, 0) is 53.8 Å². The average Bonchev–Trinajstić information content (AvgIpc) is 2.71. The summed E-state index contributed by atoms with van der Waals surface area (Å²) in [6, 6.07) is 8.74. The van der Waals surface area contributed by atoms with Crippen molar-refractivity contribution in [2.45, 2.75) is 33.3 Å². The van der Waals surface area contributed by atoms with Crippen LogP contribution in [-0.2, 0) is 11.2 Å². The number of carbonyl (C=O) groups excluding carboxylic acids is 1. The number of fused-ring (bicyclic) bond motifs is 1. The van der Waals surface area contributed by atoms with Crippen molar-refractivity contribution in [2.75, 3.05) is 0 Å². The van der Waals surface area contributed by atoms with E-state index in [1.54, 1.807) is 6.07 Å². The van der Waals surface area contributed by atoms with Crippen LogP contribution in [0.5, 0.6) is 0 Å². The summed E-state index contributed by atoms with van der Waals surface area (Å²) in [4.78, 5) is 11.2. The topological polar surface area (TPSA) is 52.3 Å². The highest BCUT2D eigenvalue weighted by molar-refractivity contribution is 6.31. The van der Waals surface area contributed by atoms with Gasteiger partial charge in [-0.1, -0.05) is 37.6 Å². The molecule has 126 valence electrons. The van der Waals surface area contributed by atoms with Crippen molar-refractivity contribution in [3.05, 3.63) is 57.9 Å². The maximum Gasteiger partial charge on any atom is 0.405 e. The Balaban J connectivity index is 2.09. The van der Waals surface area contributed by atoms with Crippen LogP contribution in [-0.4, -0.2) is 6.09 Å². The predicted octanol–water partition coefficient (Wildman–Crippen LogP) is 5.17. The molecule has 24 heavy (non-hydrogen) atoms. The van der Waals surface area contributed by atoms with Gasteiger partial charge >= 0.3 is 6.09 Å². The molecule has 5 heteroatoms. The highest BCUT2D eigenvalue weighted by Gasteiger charge is 2.42. The lowest BCUT2D eigenvalue weighted by Crippen LogP contribution is -2.25. The lowest BCUT2D eigenvalue weighted by Gasteiger charge is -2.26. The van der Waals surface area contributed by atoms with Crippen LogP contribution >= 0.6 is 11.6 Å². The molecule has 0 radical (unpaired) electrons. The quantitative estimate of drug-likeness (QED) is 0.814. The number of benzene rings is 2. The Morgan fingerprint density at radius 3 is 2.67 bits per heavy atom. The molecule has 0 saturated heterocycles. The van der Waals surface area contributed by atoms with E-state index in [0.29, 0.717) is 22.6 Å². The molecule has 0 saturated carbocycles. The molecule has 1 aliphatic carbocycles. The molecule has 2 N–H and O–H groups in total. The summed E-state index contributed by atoms with van der Waals surface area (Å²) in [7, 11) is 0. The van der Waals surface area contributed by atoms with Crippen molar-refractivity contribution in [1.29, 1.82) is 0 Å². The second-order valence-corrected chi connectivity index (χ2v) is 7.38. The molecular formula is C19H19ClFNO2. The lowest BCUT2D eigenvalue weighted by atomic mass is 9.87. The van der Waals surface area contributed by atoms with Gasteiger partial charge in [0.2, 0.25) is 0 Å². The number of ether oxygens (including phenoxy) is 1. The number of amides is 1. The maximum absolute atomic E-state index is 14.7. The van der Waals surface area contributed by atoms with Gasteiger partial charge in [-0.3, -0.25) is 0 Å². The Morgan fingerprint density at radius 1 is 1.33 bits per heavy atom. The zero-order chi connectivity index (χ0) is 17.6. The van der Waals surface area contributed by atoms with Gasteiger partial charge in [0.25, 0.3) is 0 Å². The summed E-state index contributed by atoms with van der Waals surface area (Å²) in [6.45, 7) is 5.85. The van der Waals surface area contributed by atoms with E-state index in [2.05, 4.69) is 0 Å². The number of nitrogens with two attached hydrogens (primary N) is 1. The van der Waals surface area contributed by atoms with Crippen molar-refractivity contribution in [1.82, 2.24) is 0 Å². The fourth-order valence-electron chi connectivity index (χ4n) is 3.36. The summed E-state index contributed by atoms with van der Waals surface area (Å²) in [5.41, 5.74) is 8.63. The monoisotopic (exact) mass is 347 g/mol. The van der Waals surface area contributed by atoms with E-state index in [9.17, 15) is 9.18 Å². The Bertz CT molecular complexity index is 832. The molecule has 0 heterocycles. The van der Waals surface area contributed by atoms with Crippen molar-refractivity contribution < 1.29 is 13.9 Å². The molecule has 2 aromatic rings. The smallest absolute Gasteiger partial charge is 0.405 e. The number of hydrogen-bond acceptors (Lipinski definition) is 2. The summed E-state index contributed by atoms with van der Waals surface area (Å²) in [6.07, 6.45) is -0.724. The van der Waals surface area contributed by atoms with Crippen molar-refractivity contribution >= 4 is 17.7 Å². The first-order valence-corrected chi connectivity index (χ1v) is 8.12. The number of hydrogen-bond donors (Lipinski definition) is 1. The SMILES string of the molecule is Cc1ccc(-c2cc3c(cc2F)[C@H](OC(N)=O)C(C)(C)C3)cc1Cl. The minimum Gasteiger partial charge on any atom is -0.441 e. The number of aryl methyl sites for hydroxylation is 1. The summed E-state index contributed by atoms with van der Waals surface area (Å²) in [5.74, 6) is -0.371. The molecule has 0 bridgehead atoms. The first-order chi connectivity index (χ1) is 11.2. The van der Waals surface area contributed by atoms with Crippen molar-refractivity contribution in [3.63, 3.8) is 0 Å². The van der Waals surface area contributed by atoms with E-state index in [4.69, 9.17) is 22.1 Å². The van der Waals surface area contributed by atoms with Crippen LogP contribution in [0, 0.1) is 18.2 Å². The average molecular weight is 348 g/mol. The lowest BCUT2D eigenvalue weighted by molar-refractivity contribution is 0.0391. The van der Waals surface area contributed by atoms with E-state index in [0.717, 1.165) is 16.7 Å². The minimum absolute atomic E-state index is 0.340. The van der Waals surface area contributed by atoms with Gasteiger partial charge in [-0.2, -0.15) is 0 Å². The molecular weight excluding hydrogens is 329 g/mol. The number of primary amides is 1. The van der Waals surface area contributed by atoms with Crippen LogP contribution in [0.1, 0.15) is 36.6 Å². The van der Waals surface area contributed by atoms with Gasteiger partial charge in [-0.25, -0.2) is 9.18 Å². The van der Waals surface area contributed by atoms with Gasteiger partial charge in [0.1, 0.15) is 11.9 Å². The van der Waals surface area contributed by atoms with E-state index in [1.807, 2.05) is 39.0 Å². The number of halogens is 2. The summed E-state index contributed by atoms with van der Waals surface area (Å²) in [5, 5.41) is 0.600. The molecule has 0 unspecified atom stereocenters. The van der Waals surface area contributed by atoms with Crippen LogP contribution in [0.25, 0.3) is 11.1 Å². The standard InChI is InChI=1S/C19H19ClFNO2/c1-10-4-5-11(7-15(10)20)13-6-12-9-19(2,3)17(24-18(22)23)14(12)8-16(13)21/h4-8,17H,9H2,1-3H3,(H2,22,23)/t17-/m0/s1. The molecule has 1 aliphatic rings. The van der Waals surface area contributed by atoms with Crippen LogP contribution in [0.15, 0.2) is 30.3 Å². The Hall–Kier alpha value is -2.07. The summed E-state index contributed by atoms with van der Waals surface area (Å²) < 4.78 is 20.0. The van der Waals surface area contributed by atoms with Crippen LogP contribution in [0.4, 0.5) is 9.18 Å². The molecule has 0 aliphatic heterocycles. The summed E-state index contributed by atoms with van der Waals surface area (Å²) >= 11 is 6.17. The minimum atomic E-state index is -0.851. The molecule has 0 spiro atoms. The molecule has 0 fully saturated rings. The maximum atomic E-state index is 14.7. The molecule has 0 aromatic heterocycles. The molecule has 2 aromatic carbocycles. The second kappa shape index (κ2) is 5.78. The Morgan fingerprint density at radius 2 is 2.04 bits per heavy atom. The Labute approximate surface area is 145 Å². The van der Waals surface area contributed by atoms with E-state index >= 15 is 0 Å². The van der Waals surface area contributed by atoms with Crippen LogP contribution < -0.4 is 5.73 Å². The first kappa shape index (κ1) is 16.8.